The molecule has 2 aromatic rings. The van der Waals surface area contributed by atoms with Gasteiger partial charge >= 0.3 is 0 Å². The summed E-state index contributed by atoms with van der Waals surface area (Å²) in [7, 11) is 1.69. The van der Waals surface area contributed by atoms with E-state index in [9.17, 15) is 0 Å². The van der Waals surface area contributed by atoms with Gasteiger partial charge < -0.3 is 4.74 Å². The third kappa shape index (κ3) is 3.59. The second-order valence-corrected chi connectivity index (χ2v) is 6.10. The van der Waals surface area contributed by atoms with Crippen LogP contribution in [0.5, 0.6) is 5.75 Å². The van der Waals surface area contributed by atoms with Gasteiger partial charge in [0.2, 0.25) is 0 Å². The summed E-state index contributed by atoms with van der Waals surface area (Å²) >= 11 is 7.24. The highest BCUT2D eigenvalue weighted by molar-refractivity contribution is 9.10. The molecule has 0 aliphatic carbocycles. The van der Waals surface area contributed by atoms with Gasteiger partial charge in [0.25, 0.3) is 0 Å². The fourth-order valence-electron chi connectivity index (χ4n) is 1.83. The smallest absolute Gasteiger partial charge is 0.119 e. The highest BCUT2D eigenvalue weighted by Crippen LogP contribution is 2.29. The van der Waals surface area contributed by atoms with Crippen LogP contribution < -0.4 is 4.74 Å². The van der Waals surface area contributed by atoms with Crippen LogP contribution in [0.25, 0.3) is 0 Å². The zero-order valence-corrected chi connectivity index (χ0v) is 13.2. The van der Waals surface area contributed by atoms with Gasteiger partial charge in [-0.15, -0.1) is 0 Å². The summed E-state index contributed by atoms with van der Waals surface area (Å²) in [6.45, 7) is 0. The molecule has 18 heavy (non-hydrogen) atoms. The number of halogens is 2. The standard InChI is InChI=1S/C15H14Br2O/c1-18-14-7-3-5-12(10-14)15(17)9-11-4-2-6-13(16)8-11/h2-8,10,15H,9H2,1H3. The largest absolute Gasteiger partial charge is 0.497 e. The minimum Gasteiger partial charge on any atom is -0.497 e. The third-order valence-corrected chi connectivity index (χ3v) is 4.11. The van der Waals surface area contributed by atoms with E-state index in [1.165, 1.54) is 11.1 Å². The molecule has 1 atom stereocenters. The molecule has 0 N–H and O–H groups in total. The van der Waals surface area contributed by atoms with Crippen LogP contribution in [0.15, 0.2) is 53.0 Å². The minimum atomic E-state index is 0.293. The van der Waals surface area contributed by atoms with Crippen LogP contribution in [0.2, 0.25) is 0 Å². The topological polar surface area (TPSA) is 9.23 Å². The van der Waals surface area contributed by atoms with Crippen molar-refractivity contribution in [3.05, 3.63) is 64.1 Å². The van der Waals surface area contributed by atoms with Crippen molar-refractivity contribution < 1.29 is 4.74 Å². The summed E-state index contributed by atoms with van der Waals surface area (Å²) in [5.74, 6) is 0.895. The Hall–Kier alpha value is -0.800. The summed E-state index contributed by atoms with van der Waals surface area (Å²) in [5, 5.41) is 0. The lowest BCUT2D eigenvalue weighted by Crippen LogP contribution is -1.96. The maximum Gasteiger partial charge on any atom is 0.119 e. The first kappa shape index (κ1) is 13.6. The molecule has 94 valence electrons. The molecule has 1 nitrogen and oxygen atoms in total. The molecule has 0 fully saturated rings. The lowest BCUT2D eigenvalue weighted by Gasteiger charge is -2.12. The summed E-state index contributed by atoms with van der Waals surface area (Å²) in [4.78, 5) is 0.293. The Morgan fingerprint density at radius 1 is 1.11 bits per heavy atom. The fraction of sp³-hybridized carbons (Fsp3) is 0.200. The normalized spacial score (nSPS) is 12.2. The second kappa shape index (κ2) is 6.39. The SMILES string of the molecule is COc1cccc(C(Br)Cc2cccc(Br)c2)c1. The van der Waals surface area contributed by atoms with Gasteiger partial charge in [-0.3, -0.25) is 0 Å². The van der Waals surface area contributed by atoms with Gasteiger partial charge in [0, 0.05) is 9.30 Å². The summed E-state index contributed by atoms with van der Waals surface area (Å²) < 4.78 is 6.36. The summed E-state index contributed by atoms with van der Waals surface area (Å²) in [6.07, 6.45) is 0.951. The first-order valence-corrected chi connectivity index (χ1v) is 7.42. The molecule has 0 spiro atoms. The van der Waals surface area contributed by atoms with Crippen molar-refractivity contribution >= 4 is 31.9 Å². The van der Waals surface area contributed by atoms with Crippen LogP contribution in [0.1, 0.15) is 16.0 Å². The average molecular weight is 370 g/mol. The molecule has 0 amide bonds. The van der Waals surface area contributed by atoms with Gasteiger partial charge in [-0.25, -0.2) is 0 Å². The van der Waals surface area contributed by atoms with Crippen LogP contribution in [-0.2, 0) is 6.42 Å². The Morgan fingerprint density at radius 3 is 2.61 bits per heavy atom. The van der Waals surface area contributed by atoms with E-state index in [4.69, 9.17) is 4.74 Å². The highest BCUT2D eigenvalue weighted by atomic mass is 79.9. The first-order valence-electron chi connectivity index (χ1n) is 5.71. The molecule has 0 heterocycles. The average Bonchev–Trinajstić information content (AvgIpc) is 2.39. The Labute approximate surface area is 124 Å². The van der Waals surface area contributed by atoms with Crippen molar-refractivity contribution in [1.82, 2.24) is 0 Å². The molecule has 2 aromatic carbocycles. The Balaban J connectivity index is 2.13. The van der Waals surface area contributed by atoms with E-state index < -0.39 is 0 Å². The molecule has 3 heteroatoms. The Morgan fingerprint density at radius 2 is 1.89 bits per heavy atom. The monoisotopic (exact) mass is 368 g/mol. The number of methoxy groups -OCH3 is 1. The van der Waals surface area contributed by atoms with E-state index in [1.54, 1.807) is 7.11 Å². The van der Waals surface area contributed by atoms with E-state index in [1.807, 2.05) is 18.2 Å². The molecule has 0 radical (unpaired) electrons. The van der Waals surface area contributed by atoms with Crippen molar-refractivity contribution in [3.8, 4) is 5.75 Å². The zero-order valence-electron chi connectivity index (χ0n) is 10.1. The van der Waals surface area contributed by atoms with Crippen molar-refractivity contribution in [3.63, 3.8) is 0 Å². The maximum absolute atomic E-state index is 5.25. The molecule has 0 saturated heterocycles. The number of benzene rings is 2. The first-order chi connectivity index (χ1) is 8.69. The molecule has 0 aromatic heterocycles. The van der Waals surface area contributed by atoms with E-state index in [0.29, 0.717) is 4.83 Å². The minimum absolute atomic E-state index is 0.293. The summed E-state index contributed by atoms with van der Waals surface area (Å²) in [5.41, 5.74) is 2.53. The fourth-order valence-corrected chi connectivity index (χ4v) is 2.93. The van der Waals surface area contributed by atoms with Crippen LogP contribution in [0, 0.1) is 0 Å². The molecule has 2 rings (SSSR count). The quantitative estimate of drug-likeness (QED) is 0.678. The van der Waals surface area contributed by atoms with Crippen LogP contribution in [0.3, 0.4) is 0 Å². The Bertz CT molecular complexity index is 525. The zero-order chi connectivity index (χ0) is 13.0. The van der Waals surface area contributed by atoms with Gasteiger partial charge in [-0.1, -0.05) is 56.1 Å². The van der Waals surface area contributed by atoms with Gasteiger partial charge in [0.05, 0.1) is 7.11 Å². The van der Waals surface area contributed by atoms with E-state index in [2.05, 4.69) is 62.2 Å². The van der Waals surface area contributed by atoms with Crippen molar-refractivity contribution in [2.45, 2.75) is 11.2 Å². The predicted molar refractivity (Wildman–Crippen MR) is 82.5 cm³/mol. The van der Waals surface area contributed by atoms with Crippen molar-refractivity contribution in [1.29, 1.82) is 0 Å². The lowest BCUT2D eigenvalue weighted by atomic mass is 10.0. The van der Waals surface area contributed by atoms with Gasteiger partial charge in [0.15, 0.2) is 0 Å². The van der Waals surface area contributed by atoms with Gasteiger partial charge in [0.1, 0.15) is 5.75 Å². The van der Waals surface area contributed by atoms with Crippen LogP contribution in [-0.4, -0.2) is 7.11 Å². The molecule has 0 aliphatic heterocycles. The van der Waals surface area contributed by atoms with E-state index in [-0.39, 0.29) is 0 Å². The second-order valence-electron chi connectivity index (χ2n) is 4.08. The lowest BCUT2D eigenvalue weighted by molar-refractivity contribution is 0.414. The van der Waals surface area contributed by atoms with E-state index in [0.717, 1.165) is 16.6 Å². The number of ether oxygens (including phenoxy) is 1. The van der Waals surface area contributed by atoms with Crippen molar-refractivity contribution in [2.75, 3.05) is 7.11 Å². The molecular formula is C15H14Br2O. The van der Waals surface area contributed by atoms with Gasteiger partial charge in [-0.2, -0.15) is 0 Å². The van der Waals surface area contributed by atoms with Crippen LogP contribution in [0.4, 0.5) is 0 Å². The number of hydrogen-bond donors (Lipinski definition) is 0. The molecule has 1 unspecified atom stereocenters. The number of rotatable bonds is 4. The third-order valence-electron chi connectivity index (χ3n) is 2.76. The maximum atomic E-state index is 5.25. The molecule has 0 bridgehead atoms. The predicted octanol–water partition coefficient (Wildman–Crippen LogP) is 5.14. The van der Waals surface area contributed by atoms with Crippen LogP contribution >= 0.6 is 31.9 Å². The molecule has 0 saturated carbocycles. The molecular weight excluding hydrogens is 356 g/mol. The highest BCUT2D eigenvalue weighted by Gasteiger charge is 2.09. The van der Waals surface area contributed by atoms with E-state index >= 15 is 0 Å². The van der Waals surface area contributed by atoms with Crippen molar-refractivity contribution in [2.24, 2.45) is 0 Å². The van der Waals surface area contributed by atoms with Gasteiger partial charge in [-0.05, 0) is 41.8 Å². The number of hydrogen-bond acceptors (Lipinski definition) is 1. The Kier molecular flexibility index (Phi) is 4.84. The summed E-state index contributed by atoms with van der Waals surface area (Å²) in [6, 6.07) is 16.5. The number of alkyl halides is 1. The molecule has 0 aliphatic rings.